The number of halogens is 5. The summed E-state index contributed by atoms with van der Waals surface area (Å²) in [6.07, 6.45) is -3.19. The van der Waals surface area contributed by atoms with Gasteiger partial charge in [0.15, 0.2) is 0 Å². The van der Waals surface area contributed by atoms with Crippen LogP contribution >= 0.6 is 25.2 Å². The predicted molar refractivity (Wildman–Crippen MR) is 111 cm³/mol. The molecule has 1 aliphatic rings. The average Bonchev–Trinajstić information content (AvgIpc) is 3.12. The third-order valence-electron chi connectivity index (χ3n) is 5.07. The van der Waals surface area contributed by atoms with Gasteiger partial charge in [-0.3, -0.25) is 4.79 Å². The number of fused-ring (bicyclic) bond motifs is 1. The highest BCUT2D eigenvalue weighted by atomic mass is 79.9. The molecule has 31 heavy (non-hydrogen) atoms. The Labute approximate surface area is 185 Å². The molecular weight excluding hydrogens is 501 g/mol. The third-order valence-corrected chi connectivity index (χ3v) is 5.94. The minimum atomic E-state index is -4.61. The van der Waals surface area contributed by atoms with Gasteiger partial charge in [-0.2, -0.15) is 23.3 Å². The van der Waals surface area contributed by atoms with E-state index in [1.54, 1.807) is 13.0 Å². The van der Waals surface area contributed by atoms with Gasteiger partial charge >= 0.3 is 6.18 Å². The molecule has 0 N–H and O–H groups in total. The summed E-state index contributed by atoms with van der Waals surface area (Å²) in [5.74, 6) is -0.782. The Morgan fingerprint density at radius 2 is 2.03 bits per heavy atom. The number of alkyl halides is 4. The van der Waals surface area contributed by atoms with Crippen molar-refractivity contribution in [2.24, 2.45) is 0 Å². The Hall–Kier alpha value is -2.13. The van der Waals surface area contributed by atoms with Crippen molar-refractivity contribution in [2.45, 2.75) is 30.8 Å². The smallest absolute Gasteiger partial charge is 0.334 e. The molecule has 0 aliphatic carbocycles. The summed E-state index contributed by atoms with van der Waals surface area (Å²) in [6.45, 7) is 1.63. The van der Waals surface area contributed by atoms with Crippen molar-refractivity contribution in [3.63, 3.8) is 0 Å². The topological polar surface area (TPSA) is 63.4 Å². The molecule has 6 nitrogen and oxygen atoms in total. The van der Waals surface area contributed by atoms with E-state index in [1.165, 1.54) is 21.8 Å². The van der Waals surface area contributed by atoms with Crippen molar-refractivity contribution < 1.29 is 22.4 Å². The normalized spacial score (nSPS) is 22.2. The summed E-state index contributed by atoms with van der Waals surface area (Å²) in [5.41, 5.74) is 0.173. The van der Waals surface area contributed by atoms with Crippen LogP contribution in [0.25, 0.3) is 5.78 Å². The van der Waals surface area contributed by atoms with Crippen LogP contribution in [0.3, 0.4) is 0 Å². The van der Waals surface area contributed by atoms with E-state index in [2.05, 4.69) is 40.2 Å². The quantitative estimate of drug-likeness (QED) is 0.373. The zero-order valence-electron chi connectivity index (χ0n) is 16.2. The molecule has 3 unspecified atom stereocenters. The first kappa shape index (κ1) is 22.1. The maximum absolute atomic E-state index is 15.2. The zero-order valence-corrected chi connectivity index (χ0v) is 18.9. The van der Waals surface area contributed by atoms with Crippen molar-refractivity contribution in [3.05, 3.63) is 57.6 Å². The molecule has 3 heterocycles. The summed E-state index contributed by atoms with van der Waals surface area (Å²) < 4.78 is 56.4. The summed E-state index contributed by atoms with van der Waals surface area (Å²) in [6, 6.07) is 4.73. The van der Waals surface area contributed by atoms with Crippen LogP contribution in [-0.4, -0.2) is 48.9 Å². The van der Waals surface area contributed by atoms with Gasteiger partial charge in [0.25, 0.3) is 11.7 Å². The second-order valence-corrected chi connectivity index (χ2v) is 9.59. The highest BCUT2D eigenvalue weighted by Crippen LogP contribution is 2.40. The lowest BCUT2D eigenvalue weighted by atomic mass is 9.92. The van der Waals surface area contributed by atoms with Crippen LogP contribution in [0.1, 0.15) is 39.6 Å². The molecule has 0 spiro atoms. The van der Waals surface area contributed by atoms with E-state index in [0.29, 0.717) is 17.2 Å². The number of likely N-dealkylation sites (tertiary alicyclic amines) is 1. The van der Waals surface area contributed by atoms with E-state index in [4.69, 9.17) is 0 Å². The number of piperidine rings is 1. The SMILES string of the molecule is Cc1cc(C2CN(C(=O)c3cc(Br)cc(C(F)(F)F)c3)CC(F)(P)C2)n2ncnc2n1. The number of rotatable bonds is 2. The van der Waals surface area contributed by atoms with Crippen molar-refractivity contribution in [1.29, 1.82) is 0 Å². The number of amides is 1. The Morgan fingerprint density at radius 1 is 1.29 bits per heavy atom. The summed E-state index contributed by atoms with van der Waals surface area (Å²) in [4.78, 5) is 22.7. The summed E-state index contributed by atoms with van der Waals surface area (Å²) in [5, 5.41) is 2.32. The Balaban J connectivity index is 1.70. The van der Waals surface area contributed by atoms with Crippen molar-refractivity contribution in [2.75, 3.05) is 13.1 Å². The number of aryl methyl sites for hydroxylation is 1. The molecule has 4 rings (SSSR count). The number of nitrogens with zero attached hydrogens (tertiary/aromatic N) is 5. The predicted octanol–water partition coefficient (Wildman–Crippen LogP) is 4.38. The van der Waals surface area contributed by atoms with Crippen LogP contribution in [0.4, 0.5) is 17.6 Å². The monoisotopic (exact) mass is 517 g/mol. The lowest BCUT2D eigenvalue weighted by Gasteiger charge is -2.40. The second kappa shape index (κ2) is 7.78. The molecule has 1 amide bonds. The fourth-order valence-corrected chi connectivity index (χ4v) is 4.85. The fraction of sp³-hybridized carbons (Fsp3) is 0.368. The Morgan fingerprint density at radius 3 is 2.74 bits per heavy atom. The molecule has 3 atom stereocenters. The maximum Gasteiger partial charge on any atom is 0.416 e. The Kier molecular flexibility index (Phi) is 5.54. The van der Waals surface area contributed by atoms with Gasteiger partial charge in [-0.05, 0) is 37.6 Å². The van der Waals surface area contributed by atoms with Gasteiger partial charge in [-0.1, -0.05) is 25.2 Å². The summed E-state index contributed by atoms with van der Waals surface area (Å²) >= 11 is 3.03. The van der Waals surface area contributed by atoms with Gasteiger partial charge in [-0.25, -0.2) is 13.9 Å². The van der Waals surface area contributed by atoms with Gasteiger partial charge in [0, 0.05) is 28.2 Å². The van der Waals surface area contributed by atoms with Crippen molar-refractivity contribution in [1.82, 2.24) is 24.5 Å². The third kappa shape index (κ3) is 4.57. The number of aromatic nitrogens is 4. The van der Waals surface area contributed by atoms with Crippen molar-refractivity contribution >= 4 is 36.9 Å². The van der Waals surface area contributed by atoms with E-state index in [1.807, 2.05) is 0 Å². The van der Waals surface area contributed by atoms with Crippen LogP contribution < -0.4 is 0 Å². The standard InChI is InChI=1S/C19H17BrF4N5OP/c1-10-2-15(29-17(27-10)25-9-26-29)12-6-18(21,31)8-28(7-12)16(30)11-3-13(19(22,23)24)5-14(20)4-11/h2-5,9,12H,6-8,31H2,1H3. The molecular formula is C19H17BrF4N5OP. The first-order valence-corrected chi connectivity index (χ1v) is 10.6. The minimum absolute atomic E-state index is 0.0894. The first-order chi connectivity index (χ1) is 14.4. The van der Waals surface area contributed by atoms with E-state index in [0.717, 1.165) is 12.1 Å². The van der Waals surface area contributed by atoms with E-state index < -0.39 is 29.0 Å². The maximum atomic E-state index is 15.2. The lowest BCUT2D eigenvalue weighted by molar-refractivity contribution is -0.137. The Bertz CT molecular complexity index is 1170. The summed E-state index contributed by atoms with van der Waals surface area (Å²) in [7, 11) is 2.12. The molecule has 1 fully saturated rings. The van der Waals surface area contributed by atoms with Crippen LogP contribution in [0.15, 0.2) is 35.1 Å². The molecule has 1 aromatic carbocycles. The number of carbonyl (C=O) groups is 1. The molecule has 0 radical (unpaired) electrons. The molecule has 2 aromatic heterocycles. The van der Waals surface area contributed by atoms with Crippen LogP contribution in [0, 0.1) is 6.92 Å². The van der Waals surface area contributed by atoms with Gasteiger partial charge in [0.05, 0.1) is 17.8 Å². The van der Waals surface area contributed by atoms with Crippen LogP contribution in [-0.2, 0) is 6.18 Å². The number of benzene rings is 1. The van der Waals surface area contributed by atoms with E-state index >= 15 is 4.39 Å². The van der Waals surface area contributed by atoms with E-state index in [-0.39, 0.29) is 29.5 Å². The minimum Gasteiger partial charge on any atom is -0.334 e. The second-order valence-electron chi connectivity index (χ2n) is 7.64. The van der Waals surface area contributed by atoms with Gasteiger partial charge < -0.3 is 4.90 Å². The average molecular weight is 518 g/mol. The molecule has 1 aliphatic heterocycles. The fourth-order valence-electron chi connectivity index (χ4n) is 3.85. The highest BCUT2D eigenvalue weighted by molar-refractivity contribution is 9.10. The van der Waals surface area contributed by atoms with Gasteiger partial charge in [0.1, 0.15) is 11.7 Å². The molecule has 3 aromatic rings. The van der Waals surface area contributed by atoms with Gasteiger partial charge in [-0.15, -0.1) is 0 Å². The van der Waals surface area contributed by atoms with Crippen LogP contribution in [0.5, 0.6) is 0 Å². The van der Waals surface area contributed by atoms with Crippen LogP contribution in [0.2, 0.25) is 0 Å². The molecule has 1 saturated heterocycles. The zero-order chi connectivity index (χ0) is 22.6. The van der Waals surface area contributed by atoms with Crippen molar-refractivity contribution in [3.8, 4) is 0 Å². The van der Waals surface area contributed by atoms with Gasteiger partial charge in [0.2, 0.25) is 0 Å². The largest absolute Gasteiger partial charge is 0.416 e. The first-order valence-electron chi connectivity index (χ1n) is 9.25. The molecule has 164 valence electrons. The lowest BCUT2D eigenvalue weighted by Crippen LogP contribution is -2.48. The molecule has 12 heteroatoms. The van der Waals surface area contributed by atoms with E-state index in [9.17, 15) is 18.0 Å². The highest BCUT2D eigenvalue weighted by Gasteiger charge is 2.41. The number of hydrogen-bond acceptors (Lipinski definition) is 4. The number of carbonyl (C=O) groups excluding carboxylic acids is 1. The molecule has 0 saturated carbocycles. The molecule has 0 bridgehead atoms. The number of hydrogen-bond donors (Lipinski definition) is 0.